The molecule has 0 bridgehead atoms. The van der Waals surface area contributed by atoms with Crippen LogP contribution in [0.1, 0.15) is 16.5 Å². The number of benzene rings is 2. The van der Waals surface area contributed by atoms with Crippen LogP contribution in [-0.4, -0.2) is 37.7 Å². The highest BCUT2D eigenvalue weighted by atomic mass is 127. The van der Waals surface area contributed by atoms with E-state index in [1.807, 2.05) is 36.4 Å². The van der Waals surface area contributed by atoms with Gasteiger partial charge in [0.1, 0.15) is 18.5 Å². The zero-order valence-electron chi connectivity index (χ0n) is 16.3. The zero-order chi connectivity index (χ0) is 20.6. The zero-order valence-corrected chi connectivity index (χ0v) is 19.5. The van der Waals surface area contributed by atoms with E-state index in [1.54, 1.807) is 36.6 Å². The lowest BCUT2D eigenvalue weighted by Crippen LogP contribution is -2.38. The third-order valence-electron chi connectivity index (χ3n) is 4.19. The fourth-order valence-corrected chi connectivity index (χ4v) is 3.82. The van der Waals surface area contributed by atoms with Gasteiger partial charge in [-0.25, -0.2) is 8.78 Å². The molecule has 1 heterocycles. The molecule has 5 nitrogen and oxygen atoms in total. The number of nitrogens with one attached hydrogen (secondary N) is 2. The molecular weight excluding hydrogens is 523 g/mol. The van der Waals surface area contributed by atoms with Crippen LogP contribution in [0, 0.1) is 0 Å². The van der Waals surface area contributed by atoms with Gasteiger partial charge in [-0.1, -0.05) is 30.3 Å². The van der Waals surface area contributed by atoms with E-state index >= 15 is 0 Å². The highest BCUT2D eigenvalue weighted by Crippen LogP contribution is 2.29. The van der Waals surface area contributed by atoms with E-state index in [0.29, 0.717) is 24.8 Å². The Hall–Kier alpha value is -1.98. The van der Waals surface area contributed by atoms with Crippen LogP contribution >= 0.6 is 35.3 Å². The van der Waals surface area contributed by atoms with Gasteiger partial charge in [0, 0.05) is 29.7 Å². The predicted molar refractivity (Wildman–Crippen MR) is 128 cm³/mol. The molecule has 0 aliphatic carbocycles. The molecule has 0 amide bonds. The van der Waals surface area contributed by atoms with Crippen molar-refractivity contribution in [3.8, 4) is 5.75 Å². The van der Waals surface area contributed by atoms with Crippen LogP contribution in [-0.2, 0) is 6.54 Å². The van der Waals surface area contributed by atoms with E-state index in [2.05, 4.69) is 15.6 Å². The molecule has 0 spiro atoms. The molecule has 3 rings (SSSR count). The summed E-state index contributed by atoms with van der Waals surface area (Å²) < 4.78 is 30.7. The highest BCUT2D eigenvalue weighted by Gasteiger charge is 2.12. The minimum absolute atomic E-state index is 0. The first kappa shape index (κ1) is 24.3. The topological polar surface area (TPSA) is 65.9 Å². The number of rotatable bonds is 8. The molecule has 2 aromatic carbocycles. The van der Waals surface area contributed by atoms with Crippen LogP contribution in [0.4, 0.5) is 8.78 Å². The minimum Gasteiger partial charge on any atom is -0.488 e. The van der Waals surface area contributed by atoms with Crippen LogP contribution in [0.5, 0.6) is 5.75 Å². The number of hydrogen-bond acceptors (Lipinski definition) is 4. The van der Waals surface area contributed by atoms with E-state index in [0.717, 1.165) is 20.5 Å². The van der Waals surface area contributed by atoms with Gasteiger partial charge in [-0.15, -0.1) is 35.3 Å². The number of alkyl halides is 2. The summed E-state index contributed by atoms with van der Waals surface area (Å²) in [7, 11) is 1.64. The molecule has 0 fully saturated rings. The number of ether oxygens (including phenoxy) is 1. The monoisotopic (exact) mass is 547 g/mol. The van der Waals surface area contributed by atoms with Gasteiger partial charge in [0.25, 0.3) is 6.43 Å². The predicted octanol–water partition coefficient (Wildman–Crippen LogP) is 4.56. The molecule has 3 N–H and O–H groups in total. The number of thiophene rings is 1. The molecule has 0 saturated heterocycles. The molecule has 0 radical (unpaired) electrons. The van der Waals surface area contributed by atoms with Crippen molar-refractivity contribution in [2.45, 2.75) is 19.1 Å². The average Bonchev–Trinajstić information content (AvgIpc) is 3.17. The largest absolute Gasteiger partial charge is 0.488 e. The molecule has 1 aromatic heterocycles. The van der Waals surface area contributed by atoms with Crippen molar-refractivity contribution in [1.82, 2.24) is 10.6 Å². The molecule has 0 saturated carbocycles. The molecule has 0 aliphatic heterocycles. The first-order valence-corrected chi connectivity index (χ1v) is 9.97. The first-order chi connectivity index (χ1) is 14.0. The third-order valence-corrected chi connectivity index (χ3v) is 5.41. The van der Waals surface area contributed by atoms with Crippen molar-refractivity contribution in [2.24, 2.45) is 4.99 Å². The van der Waals surface area contributed by atoms with Gasteiger partial charge in [-0.05, 0) is 35.2 Å². The van der Waals surface area contributed by atoms with Crippen molar-refractivity contribution in [3.05, 3.63) is 65.0 Å². The summed E-state index contributed by atoms with van der Waals surface area (Å²) in [6.07, 6.45) is -3.16. The fraction of sp³-hybridized carbons (Fsp3) is 0.286. The summed E-state index contributed by atoms with van der Waals surface area (Å²) in [4.78, 5) is 5.04. The Labute approximate surface area is 195 Å². The van der Waals surface area contributed by atoms with Crippen molar-refractivity contribution in [2.75, 3.05) is 20.2 Å². The maximum Gasteiger partial charge on any atom is 0.272 e. The van der Waals surface area contributed by atoms with Crippen molar-refractivity contribution >= 4 is 51.4 Å². The SMILES string of the molecule is CN=C(NCc1cccc(OCC(F)F)c1)NCC(O)c1cc2ccccc2s1.I. The van der Waals surface area contributed by atoms with Crippen molar-refractivity contribution in [1.29, 1.82) is 0 Å². The van der Waals surface area contributed by atoms with Crippen LogP contribution in [0.25, 0.3) is 10.1 Å². The van der Waals surface area contributed by atoms with Gasteiger partial charge in [-0.2, -0.15) is 0 Å². The smallest absolute Gasteiger partial charge is 0.272 e. The van der Waals surface area contributed by atoms with Gasteiger partial charge in [0.05, 0.1) is 0 Å². The maximum atomic E-state index is 12.3. The fourth-order valence-electron chi connectivity index (χ4n) is 2.77. The van der Waals surface area contributed by atoms with E-state index in [9.17, 15) is 13.9 Å². The summed E-state index contributed by atoms with van der Waals surface area (Å²) >= 11 is 1.57. The van der Waals surface area contributed by atoms with Crippen LogP contribution in [0.2, 0.25) is 0 Å². The van der Waals surface area contributed by atoms with Crippen LogP contribution in [0.3, 0.4) is 0 Å². The van der Waals surface area contributed by atoms with E-state index in [1.165, 1.54) is 0 Å². The Morgan fingerprint density at radius 1 is 1.13 bits per heavy atom. The number of nitrogens with zero attached hydrogens (tertiary/aromatic N) is 1. The molecule has 1 unspecified atom stereocenters. The Morgan fingerprint density at radius 2 is 1.93 bits per heavy atom. The number of aliphatic hydroxyl groups excluding tert-OH is 1. The Morgan fingerprint density at radius 3 is 2.67 bits per heavy atom. The number of aliphatic imine (C=N–C) groups is 1. The Bertz CT molecular complexity index is 935. The summed E-state index contributed by atoms with van der Waals surface area (Å²) in [6.45, 7) is 0.115. The molecule has 3 aromatic rings. The Balaban J connectivity index is 0.00000320. The first-order valence-electron chi connectivity index (χ1n) is 9.16. The summed E-state index contributed by atoms with van der Waals surface area (Å²) in [6, 6.07) is 17.0. The maximum absolute atomic E-state index is 12.3. The summed E-state index contributed by atoms with van der Waals surface area (Å²) in [5.41, 5.74) is 0.866. The van der Waals surface area contributed by atoms with E-state index < -0.39 is 19.1 Å². The molecule has 0 aliphatic rings. The van der Waals surface area contributed by atoms with Gasteiger partial charge in [0.2, 0.25) is 0 Å². The second-order valence-electron chi connectivity index (χ2n) is 6.36. The number of halogens is 3. The van der Waals surface area contributed by atoms with Gasteiger partial charge in [-0.3, -0.25) is 4.99 Å². The lowest BCUT2D eigenvalue weighted by molar-refractivity contribution is 0.0818. The second-order valence-corrected chi connectivity index (χ2v) is 7.47. The second kappa shape index (κ2) is 12.0. The van der Waals surface area contributed by atoms with Crippen LogP contribution < -0.4 is 15.4 Å². The quantitative estimate of drug-likeness (QED) is 0.220. The molecule has 30 heavy (non-hydrogen) atoms. The number of fused-ring (bicyclic) bond motifs is 1. The molecule has 9 heteroatoms. The third kappa shape index (κ3) is 7.06. The van der Waals surface area contributed by atoms with E-state index in [-0.39, 0.29) is 24.0 Å². The normalized spacial score (nSPS) is 12.5. The highest BCUT2D eigenvalue weighted by molar-refractivity contribution is 14.0. The van der Waals surface area contributed by atoms with Gasteiger partial charge >= 0.3 is 0 Å². The Kier molecular flexibility index (Phi) is 9.73. The number of guanidine groups is 1. The summed E-state index contributed by atoms with van der Waals surface area (Å²) in [5.74, 6) is 0.928. The number of hydrogen-bond donors (Lipinski definition) is 3. The average molecular weight is 547 g/mol. The lowest BCUT2D eigenvalue weighted by atomic mass is 10.2. The standard InChI is InChI=1S/C21H23F2N3O2S.HI/c1-24-21(25-11-14-5-4-7-16(9-14)28-13-20(22)23)26-12-17(27)19-10-15-6-2-3-8-18(15)29-19;/h2-10,17,20,27H,11-13H2,1H3,(H2,24,25,26);1H. The van der Waals surface area contributed by atoms with Gasteiger partial charge < -0.3 is 20.5 Å². The molecule has 1 atom stereocenters. The van der Waals surface area contributed by atoms with Crippen molar-refractivity contribution in [3.63, 3.8) is 0 Å². The van der Waals surface area contributed by atoms with Crippen molar-refractivity contribution < 1.29 is 18.6 Å². The minimum atomic E-state index is -2.51. The molecular formula is C21H24F2IN3O2S. The lowest BCUT2D eigenvalue weighted by Gasteiger charge is -2.15. The summed E-state index contributed by atoms with van der Waals surface area (Å²) in [5, 5.41) is 17.8. The van der Waals surface area contributed by atoms with Crippen LogP contribution in [0.15, 0.2) is 59.6 Å². The van der Waals surface area contributed by atoms with E-state index in [4.69, 9.17) is 4.74 Å². The molecule has 162 valence electrons. The number of aliphatic hydroxyl groups is 1. The van der Waals surface area contributed by atoms with Gasteiger partial charge in [0.15, 0.2) is 5.96 Å².